The van der Waals surface area contributed by atoms with Gasteiger partial charge in [-0.15, -0.1) is 35.3 Å². The van der Waals surface area contributed by atoms with Crippen LogP contribution in [-0.2, 0) is 19.5 Å². The first-order valence-corrected chi connectivity index (χ1v) is 10.8. The molecule has 2 rings (SSSR count). The standard InChI is InChI=1S/C21H32N6OS.HI/c1-5-18-14-24-19(29-18)15-26-21(22-6-2)25-13-16-8-7-9-17(12-16)20(28)23-10-11-27(3)4;/h7-9,12,14H,5-6,10-11,13,15H2,1-4H3,(H,23,28)(H2,22,25,26);1H. The molecule has 0 unspecified atom stereocenters. The normalized spacial score (nSPS) is 11.2. The fourth-order valence-electron chi connectivity index (χ4n) is 2.57. The van der Waals surface area contributed by atoms with Gasteiger partial charge in [0.1, 0.15) is 5.01 Å². The molecular weight excluding hydrogens is 511 g/mol. The van der Waals surface area contributed by atoms with Gasteiger partial charge in [0.2, 0.25) is 0 Å². The van der Waals surface area contributed by atoms with E-state index in [-0.39, 0.29) is 29.9 Å². The van der Waals surface area contributed by atoms with E-state index in [1.165, 1.54) is 4.88 Å². The molecule has 1 heterocycles. The molecule has 9 heteroatoms. The number of thiazole rings is 1. The highest BCUT2D eigenvalue weighted by Gasteiger charge is 2.07. The van der Waals surface area contributed by atoms with E-state index in [2.05, 4.69) is 32.9 Å². The predicted molar refractivity (Wildman–Crippen MR) is 136 cm³/mol. The summed E-state index contributed by atoms with van der Waals surface area (Å²) in [5.74, 6) is 0.680. The number of aliphatic imine (C=N–C) groups is 1. The Morgan fingerprint density at radius 2 is 2.00 bits per heavy atom. The van der Waals surface area contributed by atoms with Crippen molar-refractivity contribution in [3.05, 3.63) is 51.5 Å². The number of hydrogen-bond donors (Lipinski definition) is 3. The average Bonchev–Trinajstić information content (AvgIpc) is 3.18. The van der Waals surface area contributed by atoms with Crippen LogP contribution in [0.2, 0.25) is 0 Å². The van der Waals surface area contributed by atoms with E-state index in [1.807, 2.05) is 56.4 Å². The summed E-state index contributed by atoms with van der Waals surface area (Å²) in [6, 6.07) is 7.60. The number of nitrogens with zero attached hydrogens (tertiary/aromatic N) is 3. The van der Waals surface area contributed by atoms with Gasteiger partial charge in [-0.05, 0) is 45.1 Å². The second-order valence-electron chi connectivity index (χ2n) is 6.88. The summed E-state index contributed by atoms with van der Waals surface area (Å²) in [5.41, 5.74) is 1.65. The zero-order valence-corrected chi connectivity index (χ0v) is 21.3. The van der Waals surface area contributed by atoms with Crippen molar-refractivity contribution >= 4 is 47.2 Å². The van der Waals surface area contributed by atoms with Gasteiger partial charge in [-0.2, -0.15) is 0 Å². The van der Waals surface area contributed by atoms with E-state index < -0.39 is 0 Å². The van der Waals surface area contributed by atoms with Crippen LogP contribution in [0.3, 0.4) is 0 Å². The monoisotopic (exact) mass is 544 g/mol. The molecule has 0 atom stereocenters. The van der Waals surface area contributed by atoms with Crippen LogP contribution in [0.4, 0.5) is 0 Å². The smallest absolute Gasteiger partial charge is 0.251 e. The lowest BCUT2D eigenvalue weighted by atomic mass is 10.1. The van der Waals surface area contributed by atoms with E-state index >= 15 is 0 Å². The van der Waals surface area contributed by atoms with Gasteiger partial charge in [0.25, 0.3) is 5.91 Å². The molecule has 0 saturated heterocycles. The van der Waals surface area contributed by atoms with Crippen molar-refractivity contribution in [1.29, 1.82) is 0 Å². The number of rotatable bonds is 10. The summed E-state index contributed by atoms with van der Waals surface area (Å²) in [7, 11) is 3.97. The van der Waals surface area contributed by atoms with Gasteiger partial charge < -0.3 is 20.9 Å². The lowest BCUT2D eigenvalue weighted by Crippen LogP contribution is -2.36. The summed E-state index contributed by atoms with van der Waals surface area (Å²) < 4.78 is 0. The highest BCUT2D eigenvalue weighted by atomic mass is 127. The summed E-state index contributed by atoms with van der Waals surface area (Å²) in [5, 5.41) is 10.6. The molecule has 7 nitrogen and oxygen atoms in total. The molecule has 0 radical (unpaired) electrons. The Balaban J connectivity index is 0.00000450. The van der Waals surface area contributed by atoms with Gasteiger partial charge in [-0.1, -0.05) is 19.1 Å². The maximum atomic E-state index is 12.3. The first-order valence-electron chi connectivity index (χ1n) is 9.99. The number of likely N-dealkylation sites (N-methyl/N-ethyl adjacent to an activating group) is 1. The van der Waals surface area contributed by atoms with Crippen LogP contribution in [0.25, 0.3) is 0 Å². The third-order valence-corrected chi connectivity index (χ3v) is 5.30. The van der Waals surface area contributed by atoms with E-state index in [1.54, 1.807) is 11.3 Å². The Bertz CT molecular complexity index is 808. The molecular formula is C21H33IN6OS. The summed E-state index contributed by atoms with van der Waals surface area (Å²) in [4.78, 5) is 24.7. The Kier molecular flexibility index (Phi) is 12.6. The number of halogens is 1. The quantitative estimate of drug-likeness (QED) is 0.244. The molecule has 0 aliphatic carbocycles. The second-order valence-corrected chi connectivity index (χ2v) is 8.08. The minimum atomic E-state index is -0.0572. The molecule has 2 aromatic rings. The van der Waals surface area contributed by atoms with E-state index in [0.717, 1.165) is 36.0 Å². The number of hydrogen-bond acceptors (Lipinski definition) is 5. The van der Waals surface area contributed by atoms with Crippen LogP contribution in [0.1, 0.15) is 39.7 Å². The van der Waals surface area contributed by atoms with Crippen molar-refractivity contribution in [1.82, 2.24) is 25.8 Å². The van der Waals surface area contributed by atoms with Gasteiger partial charge in [-0.25, -0.2) is 9.98 Å². The second kappa shape index (κ2) is 14.3. The topological polar surface area (TPSA) is 81.7 Å². The minimum absolute atomic E-state index is 0. The number of aryl methyl sites for hydroxylation is 1. The molecule has 30 heavy (non-hydrogen) atoms. The largest absolute Gasteiger partial charge is 0.357 e. The summed E-state index contributed by atoms with van der Waals surface area (Å²) >= 11 is 1.72. The molecule has 0 bridgehead atoms. The minimum Gasteiger partial charge on any atom is -0.357 e. The lowest BCUT2D eigenvalue weighted by molar-refractivity contribution is 0.0951. The average molecular weight is 545 g/mol. The van der Waals surface area contributed by atoms with Crippen LogP contribution in [-0.4, -0.2) is 55.5 Å². The van der Waals surface area contributed by atoms with Crippen LogP contribution in [0, 0.1) is 0 Å². The van der Waals surface area contributed by atoms with Gasteiger partial charge in [0.15, 0.2) is 5.96 Å². The molecule has 166 valence electrons. The number of benzene rings is 1. The number of carbonyl (C=O) groups excluding carboxylic acids is 1. The Morgan fingerprint density at radius 3 is 2.67 bits per heavy atom. The fraction of sp³-hybridized carbons (Fsp3) is 0.476. The third-order valence-electron chi connectivity index (χ3n) is 4.15. The maximum absolute atomic E-state index is 12.3. The number of carbonyl (C=O) groups is 1. The lowest BCUT2D eigenvalue weighted by Gasteiger charge is -2.11. The molecule has 1 amide bonds. The van der Waals surface area contributed by atoms with Crippen LogP contribution < -0.4 is 16.0 Å². The Hall–Kier alpha value is -1.72. The third kappa shape index (κ3) is 9.40. The number of aromatic nitrogens is 1. The molecule has 0 aliphatic heterocycles. The number of guanidine groups is 1. The molecule has 3 N–H and O–H groups in total. The van der Waals surface area contributed by atoms with Crippen molar-refractivity contribution in [3.8, 4) is 0 Å². The van der Waals surface area contributed by atoms with E-state index in [0.29, 0.717) is 25.2 Å². The summed E-state index contributed by atoms with van der Waals surface area (Å²) in [6.07, 6.45) is 2.94. The van der Waals surface area contributed by atoms with Gasteiger partial charge in [0.05, 0.1) is 13.1 Å². The predicted octanol–water partition coefficient (Wildman–Crippen LogP) is 2.87. The molecule has 0 fully saturated rings. The van der Waals surface area contributed by atoms with Crippen molar-refractivity contribution in [2.24, 2.45) is 4.99 Å². The molecule has 1 aromatic heterocycles. The van der Waals surface area contributed by atoms with Crippen molar-refractivity contribution in [2.75, 3.05) is 33.7 Å². The van der Waals surface area contributed by atoms with Crippen molar-refractivity contribution in [2.45, 2.75) is 33.4 Å². The number of nitrogens with one attached hydrogen (secondary N) is 3. The molecule has 0 saturated carbocycles. The highest BCUT2D eigenvalue weighted by molar-refractivity contribution is 14.0. The summed E-state index contributed by atoms with van der Waals surface area (Å²) in [6.45, 7) is 7.52. The maximum Gasteiger partial charge on any atom is 0.251 e. The Labute approximate surface area is 200 Å². The van der Waals surface area contributed by atoms with Crippen LogP contribution >= 0.6 is 35.3 Å². The fourth-order valence-corrected chi connectivity index (χ4v) is 3.37. The van der Waals surface area contributed by atoms with Gasteiger partial charge in [-0.3, -0.25) is 4.79 Å². The molecule has 1 aromatic carbocycles. The van der Waals surface area contributed by atoms with E-state index in [9.17, 15) is 4.79 Å². The molecule has 0 spiro atoms. The Morgan fingerprint density at radius 1 is 1.20 bits per heavy atom. The van der Waals surface area contributed by atoms with Crippen LogP contribution in [0.15, 0.2) is 35.5 Å². The number of amides is 1. The van der Waals surface area contributed by atoms with Crippen molar-refractivity contribution < 1.29 is 4.79 Å². The first-order chi connectivity index (χ1) is 14.0. The first kappa shape index (κ1) is 26.3. The zero-order valence-electron chi connectivity index (χ0n) is 18.2. The SMILES string of the molecule is CCNC(=NCc1cccc(C(=O)NCCN(C)C)c1)NCc1ncc(CC)s1.I. The molecule has 0 aliphatic rings. The van der Waals surface area contributed by atoms with Crippen LogP contribution in [0.5, 0.6) is 0 Å². The van der Waals surface area contributed by atoms with Gasteiger partial charge in [0, 0.05) is 36.3 Å². The van der Waals surface area contributed by atoms with Crippen molar-refractivity contribution in [3.63, 3.8) is 0 Å². The zero-order chi connectivity index (χ0) is 21.1. The van der Waals surface area contributed by atoms with E-state index in [4.69, 9.17) is 0 Å². The highest BCUT2D eigenvalue weighted by Crippen LogP contribution is 2.13. The van der Waals surface area contributed by atoms with Gasteiger partial charge >= 0.3 is 0 Å².